The average molecular weight is 791 g/mol. The molecule has 2 aromatic heterocycles. The first-order chi connectivity index (χ1) is 29.1. The maximum absolute atomic E-state index is 4.43. The lowest BCUT2D eigenvalue weighted by molar-refractivity contribution is 0.304. The molecule has 2 aliphatic rings. The first-order valence-electron chi connectivity index (χ1n) is 23.9. The number of unbranched alkanes of at least 4 members (excludes halogenated alkanes) is 7. The van der Waals surface area contributed by atoms with Gasteiger partial charge in [-0.25, -0.2) is 19.9 Å². The number of benzene rings is 2. The molecular weight excluding hydrogens is 717 g/mol. The van der Waals surface area contributed by atoms with E-state index in [9.17, 15) is 0 Å². The summed E-state index contributed by atoms with van der Waals surface area (Å²) in [5.74, 6) is 17.3. The summed E-state index contributed by atoms with van der Waals surface area (Å²) >= 11 is 0. The minimum atomic E-state index is 0.610. The maximum atomic E-state index is 4.43. The van der Waals surface area contributed by atoms with Gasteiger partial charge in [-0.05, 0) is 159 Å². The van der Waals surface area contributed by atoms with Crippen LogP contribution in [-0.2, 0) is 12.8 Å². The molecule has 4 nitrogen and oxygen atoms in total. The Morgan fingerprint density at radius 3 is 1.14 bits per heavy atom. The maximum Gasteiger partial charge on any atom is 0.205 e. The van der Waals surface area contributed by atoms with Crippen LogP contribution >= 0.6 is 0 Å². The monoisotopic (exact) mass is 791 g/mol. The summed E-state index contributed by atoms with van der Waals surface area (Å²) < 4.78 is 0. The highest BCUT2D eigenvalue weighted by Gasteiger charge is 2.23. The fraction of sp³-hybridized carbons (Fsp3) is 0.564. The number of aromatic nitrogens is 4. The molecule has 2 aromatic carbocycles. The third-order valence-electron chi connectivity index (χ3n) is 12.8. The van der Waals surface area contributed by atoms with Gasteiger partial charge in [0.15, 0.2) is 0 Å². The Kier molecular flexibility index (Phi) is 20.8. The zero-order valence-corrected chi connectivity index (χ0v) is 37.3. The summed E-state index contributed by atoms with van der Waals surface area (Å²) in [6.07, 6.45) is 37.9. The minimum Gasteiger partial charge on any atom is -0.229 e. The summed E-state index contributed by atoms with van der Waals surface area (Å²) in [4.78, 5) is 17.7. The van der Waals surface area contributed by atoms with Crippen LogP contribution in [0.5, 0.6) is 0 Å². The Morgan fingerprint density at radius 2 is 0.763 bits per heavy atom. The second-order valence-electron chi connectivity index (χ2n) is 17.6. The number of aryl methyl sites for hydroxylation is 2. The molecule has 2 saturated carbocycles. The van der Waals surface area contributed by atoms with Crippen LogP contribution in [0, 0.1) is 35.5 Å². The normalized spacial score (nSPS) is 18.7. The number of nitrogens with zero attached hydrogens (tertiary/aromatic N) is 4. The first-order valence-corrected chi connectivity index (χ1v) is 23.9. The van der Waals surface area contributed by atoms with Crippen molar-refractivity contribution in [3.05, 3.63) is 118 Å². The Morgan fingerprint density at radius 1 is 0.407 bits per heavy atom. The smallest absolute Gasteiger partial charge is 0.205 e. The Bertz CT molecular complexity index is 1840. The molecular formula is C55H74N4. The van der Waals surface area contributed by atoms with Crippen LogP contribution in [0.2, 0.25) is 0 Å². The molecule has 2 heterocycles. The van der Waals surface area contributed by atoms with Crippen LogP contribution in [-0.4, -0.2) is 19.9 Å². The SMILES string of the molecule is CCCCCCc1cnc(C#Cc2ccc(C3CCC(CCCC)CC3)cc2)nc1.CCCCCc1cnc(C#Cc2ccc(C3CCC(CCCC)CC3)cc2)nc1. The van der Waals surface area contributed by atoms with E-state index in [2.05, 4.69) is 120 Å². The molecule has 314 valence electrons. The lowest BCUT2D eigenvalue weighted by atomic mass is 9.77. The minimum absolute atomic E-state index is 0.610. The second-order valence-corrected chi connectivity index (χ2v) is 17.6. The van der Waals surface area contributed by atoms with Gasteiger partial charge in [0.1, 0.15) is 0 Å². The molecule has 0 bridgehead atoms. The predicted octanol–water partition coefficient (Wildman–Crippen LogP) is 14.5. The standard InChI is InChI=1S/C28H38N2.C27H36N2/c1-3-5-7-8-10-25-21-29-28(30-22-25)20-15-24-13-18-27(19-14-24)26-16-11-23(12-17-26)9-6-4-2;1-3-5-7-9-24-20-28-27(29-21-24)19-14-23-12-17-26(18-13-23)25-15-10-22(11-16-25)8-6-4-2/h13-14,18-19,21-23,26H,3-12,16-17H2,1-2H3;12-13,17-18,20-22,25H,3-11,15-16H2,1-2H3. The molecule has 0 atom stereocenters. The summed E-state index contributed by atoms with van der Waals surface area (Å²) in [6, 6.07) is 17.7. The van der Waals surface area contributed by atoms with Gasteiger partial charge < -0.3 is 0 Å². The van der Waals surface area contributed by atoms with Gasteiger partial charge in [-0.1, -0.05) is 134 Å². The summed E-state index contributed by atoms with van der Waals surface area (Å²) in [5.41, 5.74) is 7.47. The second kappa shape index (κ2) is 26.7. The lowest BCUT2D eigenvalue weighted by Crippen LogP contribution is -2.13. The highest BCUT2D eigenvalue weighted by molar-refractivity contribution is 5.41. The van der Waals surface area contributed by atoms with Crippen LogP contribution < -0.4 is 0 Å². The van der Waals surface area contributed by atoms with Crippen molar-refractivity contribution in [2.45, 2.75) is 187 Å². The van der Waals surface area contributed by atoms with Gasteiger partial charge in [-0.2, -0.15) is 0 Å². The highest BCUT2D eigenvalue weighted by atomic mass is 14.9. The molecule has 0 amide bonds. The number of hydrogen-bond acceptors (Lipinski definition) is 4. The van der Waals surface area contributed by atoms with E-state index in [0.717, 1.165) is 47.6 Å². The van der Waals surface area contributed by atoms with E-state index >= 15 is 0 Å². The van der Waals surface area contributed by atoms with Crippen molar-refractivity contribution in [1.29, 1.82) is 0 Å². The highest BCUT2D eigenvalue weighted by Crippen LogP contribution is 2.39. The van der Waals surface area contributed by atoms with Crippen LogP contribution in [0.3, 0.4) is 0 Å². The fourth-order valence-electron chi connectivity index (χ4n) is 8.92. The molecule has 0 radical (unpaired) electrons. The first kappa shape index (κ1) is 45.8. The largest absolute Gasteiger partial charge is 0.229 e. The molecule has 0 unspecified atom stereocenters. The fourth-order valence-corrected chi connectivity index (χ4v) is 8.92. The van der Waals surface area contributed by atoms with Crippen molar-refractivity contribution in [3.63, 3.8) is 0 Å². The van der Waals surface area contributed by atoms with E-state index in [0.29, 0.717) is 11.6 Å². The van der Waals surface area contributed by atoms with Crippen molar-refractivity contribution in [1.82, 2.24) is 19.9 Å². The van der Waals surface area contributed by atoms with Crippen LogP contribution in [0.15, 0.2) is 73.3 Å². The zero-order valence-electron chi connectivity index (χ0n) is 37.3. The summed E-state index contributed by atoms with van der Waals surface area (Å²) in [6.45, 7) is 9.06. The Labute approximate surface area is 359 Å². The van der Waals surface area contributed by atoms with Gasteiger partial charge in [0.25, 0.3) is 0 Å². The van der Waals surface area contributed by atoms with E-state index in [1.54, 1.807) is 0 Å². The third kappa shape index (κ3) is 16.7. The quantitative estimate of drug-likeness (QED) is 0.0789. The number of hydrogen-bond donors (Lipinski definition) is 0. The zero-order chi connectivity index (χ0) is 41.3. The van der Waals surface area contributed by atoms with Gasteiger partial charge in [0.05, 0.1) is 0 Å². The summed E-state index contributed by atoms with van der Waals surface area (Å²) in [5, 5.41) is 0. The van der Waals surface area contributed by atoms with Gasteiger partial charge in [0.2, 0.25) is 11.6 Å². The molecule has 0 aliphatic heterocycles. The molecule has 2 aliphatic carbocycles. The van der Waals surface area contributed by atoms with E-state index < -0.39 is 0 Å². The molecule has 4 aromatic rings. The Hall–Kier alpha value is -4.28. The molecule has 0 saturated heterocycles. The van der Waals surface area contributed by atoms with Crippen molar-refractivity contribution < 1.29 is 0 Å². The van der Waals surface area contributed by atoms with Crippen molar-refractivity contribution in [3.8, 4) is 23.7 Å². The van der Waals surface area contributed by atoms with Crippen molar-refractivity contribution >= 4 is 0 Å². The van der Waals surface area contributed by atoms with Crippen LogP contribution in [0.25, 0.3) is 0 Å². The average Bonchev–Trinajstić information content (AvgIpc) is 3.29. The van der Waals surface area contributed by atoms with Crippen molar-refractivity contribution in [2.75, 3.05) is 0 Å². The molecule has 4 heteroatoms. The van der Waals surface area contributed by atoms with Gasteiger partial charge in [0, 0.05) is 35.9 Å². The summed E-state index contributed by atoms with van der Waals surface area (Å²) in [7, 11) is 0. The van der Waals surface area contributed by atoms with Gasteiger partial charge in [-0.3, -0.25) is 0 Å². The molecule has 0 N–H and O–H groups in total. The van der Waals surface area contributed by atoms with Crippen LogP contribution in [0.1, 0.15) is 219 Å². The lowest BCUT2D eigenvalue weighted by Gasteiger charge is -2.28. The van der Waals surface area contributed by atoms with E-state index in [1.165, 1.54) is 157 Å². The van der Waals surface area contributed by atoms with E-state index in [1.807, 2.05) is 24.8 Å². The van der Waals surface area contributed by atoms with Gasteiger partial charge in [-0.15, -0.1) is 0 Å². The van der Waals surface area contributed by atoms with Crippen LogP contribution in [0.4, 0.5) is 0 Å². The number of rotatable bonds is 17. The molecule has 6 rings (SSSR count). The molecule has 0 spiro atoms. The van der Waals surface area contributed by atoms with E-state index in [4.69, 9.17) is 0 Å². The van der Waals surface area contributed by atoms with E-state index in [-0.39, 0.29) is 0 Å². The van der Waals surface area contributed by atoms with Gasteiger partial charge >= 0.3 is 0 Å². The molecule has 59 heavy (non-hydrogen) atoms. The predicted molar refractivity (Wildman–Crippen MR) is 248 cm³/mol. The Balaban J connectivity index is 0.000000224. The third-order valence-corrected chi connectivity index (χ3v) is 12.8. The van der Waals surface area contributed by atoms with Crippen molar-refractivity contribution in [2.24, 2.45) is 11.8 Å². The topological polar surface area (TPSA) is 51.6 Å². The molecule has 2 fully saturated rings.